The molecule has 0 saturated heterocycles. The van der Waals surface area contributed by atoms with Crippen LogP contribution in [-0.4, -0.2) is 24.8 Å². The number of hydrogen-bond acceptors (Lipinski definition) is 5. The molecule has 0 aromatic heterocycles. The Hall–Kier alpha value is -3.05. The Kier molecular flexibility index (Phi) is 6.09. The summed E-state index contributed by atoms with van der Waals surface area (Å²) in [6.07, 6.45) is -0.972. The van der Waals surface area contributed by atoms with Gasteiger partial charge in [0.1, 0.15) is 5.75 Å². The molecule has 152 valence electrons. The molecule has 0 heterocycles. The second kappa shape index (κ2) is 8.53. The quantitative estimate of drug-likeness (QED) is 0.539. The van der Waals surface area contributed by atoms with Gasteiger partial charge in [0.2, 0.25) is 0 Å². The average Bonchev–Trinajstić information content (AvgIpc) is 2.74. The van der Waals surface area contributed by atoms with E-state index >= 15 is 0 Å². The number of esters is 1. The smallest absolute Gasteiger partial charge is 0.314 e. The van der Waals surface area contributed by atoms with Crippen molar-refractivity contribution in [1.82, 2.24) is 0 Å². The van der Waals surface area contributed by atoms with Crippen molar-refractivity contribution < 1.29 is 19.4 Å². The van der Waals surface area contributed by atoms with Crippen molar-refractivity contribution in [3.05, 3.63) is 66.2 Å². The van der Waals surface area contributed by atoms with Gasteiger partial charge < -0.3 is 19.9 Å². The van der Waals surface area contributed by atoms with Crippen LogP contribution in [0.5, 0.6) is 5.75 Å². The number of aliphatic hydroxyl groups is 1. The second-order valence-electron chi connectivity index (χ2n) is 7.46. The van der Waals surface area contributed by atoms with E-state index in [-0.39, 0.29) is 0 Å². The lowest BCUT2D eigenvalue weighted by molar-refractivity contribution is -0.157. The normalized spacial score (nSPS) is 12.4. The van der Waals surface area contributed by atoms with Gasteiger partial charge in [0.05, 0.1) is 30.9 Å². The maximum atomic E-state index is 12.0. The fraction of sp³-hybridized carbons (Fsp3) is 0.292. The summed E-state index contributed by atoms with van der Waals surface area (Å²) < 4.78 is 10.6. The molecular formula is C24H27NO4. The van der Waals surface area contributed by atoms with Gasteiger partial charge in [-0.2, -0.15) is 0 Å². The van der Waals surface area contributed by atoms with Crippen LogP contribution in [0.25, 0.3) is 10.8 Å². The fourth-order valence-electron chi connectivity index (χ4n) is 3.34. The topological polar surface area (TPSA) is 67.8 Å². The van der Waals surface area contributed by atoms with E-state index in [1.165, 1.54) is 7.11 Å². The lowest BCUT2D eigenvalue weighted by Gasteiger charge is -2.28. The van der Waals surface area contributed by atoms with E-state index in [1.54, 1.807) is 13.8 Å². The molecular weight excluding hydrogens is 366 g/mol. The third kappa shape index (κ3) is 4.20. The number of ether oxygens (including phenoxy) is 2. The van der Waals surface area contributed by atoms with Gasteiger partial charge in [0.15, 0.2) is 0 Å². The van der Waals surface area contributed by atoms with Crippen LogP contribution in [-0.2, 0) is 9.53 Å². The van der Waals surface area contributed by atoms with Gasteiger partial charge in [-0.15, -0.1) is 0 Å². The third-order valence-corrected chi connectivity index (χ3v) is 5.08. The van der Waals surface area contributed by atoms with Gasteiger partial charge in [-0.05, 0) is 49.9 Å². The lowest BCUT2D eigenvalue weighted by atomic mass is 9.82. The highest BCUT2D eigenvalue weighted by molar-refractivity contribution is 5.98. The Balaban J connectivity index is 1.90. The van der Waals surface area contributed by atoms with Crippen molar-refractivity contribution in [2.24, 2.45) is 5.41 Å². The van der Waals surface area contributed by atoms with Gasteiger partial charge in [0.25, 0.3) is 0 Å². The fourth-order valence-corrected chi connectivity index (χ4v) is 3.34. The molecule has 1 unspecified atom stereocenters. The summed E-state index contributed by atoms with van der Waals surface area (Å²) in [5, 5.41) is 16.3. The number of carbonyl (C=O) groups excluding carboxylic acids is 1. The highest BCUT2D eigenvalue weighted by Gasteiger charge is 2.37. The molecule has 0 aliphatic carbocycles. The van der Waals surface area contributed by atoms with Crippen LogP contribution in [0.15, 0.2) is 60.7 Å². The molecule has 0 aliphatic heterocycles. The summed E-state index contributed by atoms with van der Waals surface area (Å²) in [7, 11) is 1.32. The standard InChI is InChI=1S/C24H27NO4/c1-5-29-20-15-12-16-8-6-7-9-19(16)21(20)25-18-13-10-17(11-14-18)22(26)24(2,3)23(27)28-4/h6-15,22,25-26H,5H2,1-4H3. The molecule has 29 heavy (non-hydrogen) atoms. The number of hydrogen-bond donors (Lipinski definition) is 2. The summed E-state index contributed by atoms with van der Waals surface area (Å²) in [6, 6.07) is 19.5. The molecule has 3 aromatic rings. The first-order valence-corrected chi connectivity index (χ1v) is 9.66. The predicted octanol–water partition coefficient (Wildman–Crippen LogP) is 5.21. The second-order valence-corrected chi connectivity index (χ2v) is 7.46. The Bertz CT molecular complexity index is 995. The molecule has 0 bridgehead atoms. The summed E-state index contributed by atoms with van der Waals surface area (Å²) in [6.45, 7) is 5.86. The lowest BCUT2D eigenvalue weighted by Crippen LogP contribution is -2.32. The van der Waals surface area contributed by atoms with E-state index in [4.69, 9.17) is 9.47 Å². The van der Waals surface area contributed by atoms with E-state index in [1.807, 2.05) is 55.5 Å². The summed E-state index contributed by atoms with van der Waals surface area (Å²) in [4.78, 5) is 12.0. The van der Waals surface area contributed by atoms with E-state index in [2.05, 4.69) is 17.4 Å². The van der Waals surface area contributed by atoms with E-state index in [9.17, 15) is 9.90 Å². The predicted molar refractivity (Wildman–Crippen MR) is 116 cm³/mol. The van der Waals surface area contributed by atoms with Crippen molar-refractivity contribution >= 4 is 28.1 Å². The van der Waals surface area contributed by atoms with Crippen LogP contribution < -0.4 is 10.1 Å². The highest BCUT2D eigenvalue weighted by Crippen LogP contribution is 2.37. The van der Waals surface area contributed by atoms with Gasteiger partial charge >= 0.3 is 5.97 Å². The van der Waals surface area contributed by atoms with Gasteiger partial charge in [-0.25, -0.2) is 0 Å². The summed E-state index contributed by atoms with van der Waals surface area (Å²) >= 11 is 0. The molecule has 3 rings (SSSR count). The first kappa shape index (κ1) is 20.7. The van der Waals surface area contributed by atoms with E-state index in [0.717, 1.165) is 27.9 Å². The average molecular weight is 393 g/mol. The number of methoxy groups -OCH3 is 1. The van der Waals surface area contributed by atoms with Crippen LogP contribution in [0, 0.1) is 5.41 Å². The largest absolute Gasteiger partial charge is 0.492 e. The Morgan fingerprint density at radius 3 is 2.41 bits per heavy atom. The molecule has 0 amide bonds. The molecule has 5 heteroatoms. The van der Waals surface area contributed by atoms with Crippen LogP contribution in [0.3, 0.4) is 0 Å². The first-order valence-electron chi connectivity index (χ1n) is 9.66. The molecule has 2 N–H and O–H groups in total. The van der Waals surface area contributed by atoms with Crippen molar-refractivity contribution in [2.75, 3.05) is 19.0 Å². The first-order chi connectivity index (χ1) is 13.9. The van der Waals surface area contributed by atoms with Crippen molar-refractivity contribution in [3.63, 3.8) is 0 Å². The van der Waals surface area contributed by atoms with Crippen LogP contribution in [0.4, 0.5) is 11.4 Å². The summed E-state index contributed by atoms with van der Waals surface area (Å²) in [5.74, 6) is 0.325. The van der Waals surface area contributed by atoms with Crippen LogP contribution in [0.1, 0.15) is 32.4 Å². The summed E-state index contributed by atoms with van der Waals surface area (Å²) in [5.41, 5.74) is 1.36. The van der Waals surface area contributed by atoms with Crippen molar-refractivity contribution in [3.8, 4) is 5.75 Å². The van der Waals surface area contributed by atoms with E-state index in [0.29, 0.717) is 12.2 Å². The molecule has 5 nitrogen and oxygen atoms in total. The zero-order chi connectivity index (χ0) is 21.0. The molecule has 0 aliphatic rings. The van der Waals surface area contributed by atoms with Crippen LogP contribution in [0.2, 0.25) is 0 Å². The van der Waals surface area contributed by atoms with Gasteiger partial charge in [-0.1, -0.05) is 42.5 Å². The molecule has 0 fully saturated rings. The number of aliphatic hydroxyl groups excluding tert-OH is 1. The minimum absolute atomic E-state index is 0.454. The molecule has 0 saturated carbocycles. The Morgan fingerprint density at radius 1 is 1.07 bits per heavy atom. The van der Waals surface area contributed by atoms with Crippen molar-refractivity contribution in [1.29, 1.82) is 0 Å². The molecule has 1 atom stereocenters. The number of nitrogens with one attached hydrogen (secondary N) is 1. The number of carbonyl (C=O) groups is 1. The maximum Gasteiger partial charge on any atom is 0.314 e. The number of rotatable bonds is 7. The minimum atomic E-state index is -1.04. The Labute approximate surface area is 171 Å². The van der Waals surface area contributed by atoms with Crippen molar-refractivity contribution in [2.45, 2.75) is 26.9 Å². The Morgan fingerprint density at radius 2 is 1.76 bits per heavy atom. The van der Waals surface area contributed by atoms with Crippen LogP contribution >= 0.6 is 0 Å². The van der Waals surface area contributed by atoms with Gasteiger partial charge in [-0.3, -0.25) is 4.79 Å². The highest BCUT2D eigenvalue weighted by atomic mass is 16.5. The number of anilines is 2. The number of fused-ring (bicyclic) bond motifs is 1. The zero-order valence-corrected chi connectivity index (χ0v) is 17.2. The zero-order valence-electron chi connectivity index (χ0n) is 17.2. The number of benzene rings is 3. The third-order valence-electron chi connectivity index (χ3n) is 5.08. The van der Waals surface area contributed by atoms with Gasteiger partial charge in [0, 0.05) is 11.1 Å². The molecule has 3 aromatic carbocycles. The molecule has 0 spiro atoms. The molecule has 0 radical (unpaired) electrons. The monoisotopic (exact) mass is 393 g/mol. The SMILES string of the molecule is CCOc1ccc2ccccc2c1Nc1ccc(C(O)C(C)(C)C(=O)OC)cc1. The maximum absolute atomic E-state index is 12.0. The minimum Gasteiger partial charge on any atom is -0.492 e. The van der Waals surface area contributed by atoms with E-state index < -0.39 is 17.5 Å².